The summed E-state index contributed by atoms with van der Waals surface area (Å²) < 4.78 is 37.1. The lowest BCUT2D eigenvalue weighted by atomic mass is 9.82. The number of aryl methyl sites for hydroxylation is 1. The molecular formula is C54H50O12. The number of ether oxygens (including phenoxy) is 6. The summed E-state index contributed by atoms with van der Waals surface area (Å²) in [6.07, 6.45) is -7.17. The second kappa shape index (κ2) is 21.5. The first-order valence-corrected chi connectivity index (χ1v) is 21.7. The van der Waals surface area contributed by atoms with E-state index in [0.717, 1.165) is 17.5 Å². The molecule has 12 nitrogen and oxygen atoms in total. The van der Waals surface area contributed by atoms with E-state index < -0.39 is 66.2 Å². The Labute approximate surface area is 383 Å². The Bertz CT molecular complexity index is 2600. The van der Waals surface area contributed by atoms with Crippen LogP contribution in [0.15, 0.2) is 164 Å². The molecule has 1 saturated heterocycles. The normalized spacial score (nSPS) is 19.4. The van der Waals surface area contributed by atoms with Gasteiger partial charge in [-0.25, -0.2) is 19.2 Å². The van der Waals surface area contributed by atoms with E-state index in [1.54, 1.807) is 97.1 Å². The highest BCUT2D eigenvalue weighted by Crippen LogP contribution is 2.44. The van der Waals surface area contributed by atoms with E-state index in [2.05, 4.69) is 6.92 Å². The van der Waals surface area contributed by atoms with Gasteiger partial charge in [0.1, 0.15) is 12.2 Å². The van der Waals surface area contributed by atoms with E-state index in [1.165, 1.54) is 50.2 Å². The van der Waals surface area contributed by atoms with Crippen molar-refractivity contribution >= 4 is 29.8 Å². The summed E-state index contributed by atoms with van der Waals surface area (Å²) in [6, 6.07) is 45.4. The molecule has 66 heavy (non-hydrogen) atoms. The molecule has 12 heteroatoms. The molecule has 6 atom stereocenters. The molecule has 338 valence electrons. The minimum Gasteiger partial charge on any atom is -0.466 e. The van der Waals surface area contributed by atoms with Gasteiger partial charge in [-0.1, -0.05) is 116 Å². The van der Waals surface area contributed by atoms with Crippen molar-refractivity contribution in [3.05, 3.63) is 214 Å². The molecule has 0 aliphatic carbocycles. The van der Waals surface area contributed by atoms with Gasteiger partial charge in [0.15, 0.2) is 12.2 Å². The fourth-order valence-electron chi connectivity index (χ4n) is 7.77. The van der Waals surface area contributed by atoms with Crippen LogP contribution in [-0.4, -0.2) is 72.1 Å². The number of esters is 5. The second-order valence-electron chi connectivity index (χ2n) is 15.8. The third-order valence-corrected chi connectivity index (χ3v) is 11.2. The third-order valence-electron chi connectivity index (χ3n) is 11.2. The Morgan fingerprint density at radius 1 is 0.591 bits per heavy atom. The van der Waals surface area contributed by atoms with Gasteiger partial charge in [-0.2, -0.15) is 0 Å². The number of aliphatic hydroxyl groups is 1. The van der Waals surface area contributed by atoms with Gasteiger partial charge in [0.05, 0.1) is 28.9 Å². The van der Waals surface area contributed by atoms with Gasteiger partial charge in [0.25, 0.3) is 0 Å². The summed E-state index contributed by atoms with van der Waals surface area (Å²) in [5.41, 5.74) is 3.68. The van der Waals surface area contributed by atoms with E-state index >= 15 is 0 Å². The van der Waals surface area contributed by atoms with Crippen molar-refractivity contribution in [3.63, 3.8) is 0 Å². The van der Waals surface area contributed by atoms with Crippen molar-refractivity contribution in [1.82, 2.24) is 0 Å². The SMILES string of the molecule is CCc1ccc(Cc2ccc(CCOC(C)=O)cc2[C@@]2(O)O[C@H]([C@H](C)OC(=O)c3ccccc3)[C@@H](OC(=O)c3ccccc3)[C@H](OC(=O)c3ccccc3)[C@H]2OC(=O)c2ccccc2)cc1. The third kappa shape index (κ3) is 11.3. The van der Waals surface area contributed by atoms with Crippen LogP contribution in [0.1, 0.15) is 90.0 Å². The van der Waals surface area contributed by atoms with Gasteiger partial charge in [-0.05, 0) is 96.6 Å². The summed E-state index contributed by atoms with van der Waals surface area (Å²) >= 11 is 0. The minimum atomic E-state index is -2.74. The highest BCUT2D eigenvalue weighted by Gasteiger charge is 2.62. The molecule has 0 saturated carbocycles. The summed E-state index contributed by atoms with van der Waals surface area (Å²) in [6.45, 7) is 4.84. The lowest BCUT2D eigenvalue weighted by Crippen LogP contribution is -2.68. The van der Waals surface area contributed by atoms with Crippen LogP contribution in [0, 0.1) is 0 Å². The number of rotatable bonds is 16. The maximum atomic E-state index is 14.4. The monoisotopic (exact) mass is 890 g/mol. The molecule has 7 rings (SSSR count). The standard InChI is InChI=1S/C54H50O12/c1-4-37-25-27-38(28-26-37)33-44-30-29-39(31-32-61-36(3)55)34-45(44)54(60)49(65-53(59)43-23-15-8-16-24-43)48(64-52(58)42-21-13-7-14-22-42)47(63-51(57)41-19-11-6-12-20-41)46(66-54)35(2)62-50(56)40-17-9-5-10-18-40/h5-30,34-35,46-49,60H,4,31-33H2,1-3H3/t35-,46+,47+,48-,49+,54+/m0/s1. The Balaban J connectivity index is 1.44. The highest BCUT2D eigenvalue weighted by atomic mass is 16.7. The van der Waals surface area contributed by atoms with E-state index in [9.17, 15) is 29.1 Å². The predicted molar refractivity (Wildman–Crippen MR) is 242 cm³/mol. The van der Waals surface area contributed by atoms with Gasteiger partial charge in [0.2, 0.25) is 11.9 Å². The van der Waals surface area contributed by atoms with Gasteiger partial charge < -0.3 is 33.5 Å². The quantitative estimate of drug-likeness (QED) is 0.0731. The Morgan fingerprint density at radius 2 is 1.05 bits per heavy atom. The van der Waals surface area contributed by atoms with E-state index in [0.29, 0.717) is 11.1 Å². The van der Waals surface area contributed by atoms with Crippen LogP contribution in [0.2, 0.25) is 0 Å². The molecule has 6 aromatic rings. The zero-order chi connectivity index (χ0) is 46.6. The Kier molecular flexibility index (Phi) is 15.2. The summed E-state index contributed by atoms with van der Waals surface area (Å²) in [7, 11) is 0. The molecule has 0 radical (unpaired) electrons. The maximum absolute atomic E-state index is 14.4. The zero-order valence-corrected chi connectivity index (χ0v) is 36.7. The topological polar surface area (TPSA) is 161 Å². The second-order valence-corrected chi connectivity index (χ2v) is 15.8. The molecule has 0 spiro atoms. The average Bonchev–Trinajstić information content (AvgIpc) is 3.34. The summed E-state index contributed by atoms with van der Waals surface area (Å²) in [4.78, 5) is 68.4. The smallest absolute Gasteiger partial charge is 0.338 e. The lowest BCUT2D eigenvalue weighted by molar-refractivity contribution is -0.360. The first-order valence-electron chi connectivity index (χ1n) is 21.7. The molecule has 1 aliphatic heterocycles. The molecule has 0 bridgehead atoms. The van der Waals surface area contributed by atoms with Crippen LogP contribution in [0.5, 0.6) is 0 Å². The fourth-order valence-corrected chi connectivity index (χ4v) is 7.77. The van der Waals surface area contributed by atoms with Crippen LogP contribution in [0.4, 0.5) is 0 Å². The number of carbonyl (C=O) groups excluding carboxylic acids is 5. The average molecular weight is 891 g/mol. The van der Waals surface area contributed by atoms with Crippen molar-refractivity contribution in [2.75, 3.05) is 6.61 Å². The molecule has 0 amide bonds. The molecular weight excluding hydrogens is 841 g/mol. The molecule has 1 heterocycles. The van der Waals surface area contributed by atoms with E-state index in [-0.39, 0.29) is 47.3 Å². The molecule has 1 aliphatic rings. The Morgan fingerprint density at radius 3 is 1.55 bits per heavy atom. The summed E-state index contributed by atoms with van der Waals surface area (Å²) in [5, 5.41) is 13.7. The van der Waals surface area contributed by atoms with Crippen LogP contribution in [-0.2, 0) is 58.3 Å². The number of benzene rings is 6. The zero-order valence-electron chi connectivity index (χ0n) is 36.7. The van der Waals surface area contributed by atoms with Crippen LogP contribution < -0.4 is 0 Å². The van der Waals surface area contributed by atoms with Gasteiger partial charge >= 0.3 is 29.8 Å². The highest BCUT2D eigenvalue weighted by molar-refractivity contribution is 5.92. The number of carbonyl (C=O) groups is 5. The largest absolute Gasteiger partial charge is 0.466 e. The van der Waals surface area contributed by atoms with Crippen LogP contribution >= 0.6 is 0 Å². The fraction of sp³-hybridized carbons (Fsp3) is 0.241. The van der Waals surface area contributed by atoms with Crippen molar-refractivity contribution in [3.8, 4) is 0 Å². The van der Waals surface area contributed by atoms with Crippen LogP contribution in [0.25, 0.3) is 0 Å². The van der Waals surface area contributed by atoms with Gasteiger partial charge in [-0.3, -0.25) is 4.79 Å². The molecule has 6 aromatic carbocycles. The maximum Gasteiger partial charge on any atom is 0.338 e. The van der Waals surface area contributed by atoms with E-state index in [4.69, 9.17) is 28.4 Å². The van der Waals surface area contributed by atoms with Crippen LogP contribution in [0.3, 0.4) is 0 Å². The van der Waals surface area contributed by atoms with Gasteiger partial charge in [0, 0.05) is 18.9 Å². The minimum absolute atomic E-state index is 0.00221. The van der Waals surface area contributed by atoms with Crippen molar-refractivity contribution in [2.45, 2.75) is 76.3 Å². The van der Waals surface area contributed by atoms with Crippen molar-refractivity contribution < 1.29 is 57.5 Å². The van der Waals surface area contributed by atoms with Crippen molar-refractivity contribution in [1.29, 1.82) is 0 Å². The summed E-state index contributed by atoms with van der Waals surface area (Å²) in [5.74, 6) is -6.70. The number of hydrogen-bond acceptors (Lipinski definition) is 12. The lowest BCUT2D eigenvalue weighted by Gasteiger charge is -2.50. The first kappa shape index (κ1) is 46.6. The molecule has 1 N–H and O–H groups in total. The number of hydrogen-bond donors (Lipinski definition) is 1. The molecule has 0 aromatic heterocycles. The predicted octanol–water partition coefficient (Wildman–Crippen LogP) is 8.41. The van der Waals surface area contributed by atoms with Crippen molar-refractivity contribution in [2.24, 2.45) is 0 Å². The first-order chi connectivity index (χ1) is 31.9. The van der Waals surface area contributed by atoms with E-state index in [1.807, 2.05) is 30.3 Å². The Hall–Kier alpha value is -7.41. The molecule has 0 unspecified atom stereocenters. The van der Waals surface area contributed by atoms with Gasteiger partial charge in [-0.15, -0.1) is 0 Å². The molecule has 1 fully saturated rings.